The molecule has 0 bridgehead atoms. The number of carbonyl (C=O) groups excluding carboxylic acids is 1. The monoisotopic (exact) mass is 301 g/mol. The number of amides is 1. The molecule has 0 saturated carbocycles. The van der Waals surface area contributed by atoms with E-state index in [9.17, 15) is 10.0 Å². The van der Waals surface area contributed by atoms with E-state index in [2.05, 4.69) is 9.98 Å². The number of furan rings is 1. The molecule has 0 spiro atoms. The van der Waals surface area contributed by atoms with E-state index in [4.69, 9.17) is 4.42 Å². The highest BCUT2D eigenvalue weighted by Gasteiger charge is 2.26. The number of amidine groups is 1. The Morgan fingerprint density at radius 3 is 2.81 bits per heavy atom. The molecule has 1 amide bonds. The van der Waals surface area contributed by atoms with E-state index in [1.807, 2.05) is 0 Å². The molecule has 0 atom stereocenters. The Morgan fingerprint density at radius 2 is 2.19 bits per heavy atom. The molecule has 0 fully saturated rings. The molecule has 1 aromatic rings. The molecule has 0 saturated heterocycles. The van der Waals surface area contributed by atoms with Crippen LogP contribution in [0.3, 0.4) is 0 Å². The maximum Gasteiger partial charge on any atom is 0.245 e. The fourth-order valence-electron chi connectivity index (χ4n) is 1.84. The zero-order chi connectivity index (χ0) is 14.8. The molecule has 6 nitrogen and oxygen atoms in total. The van der Waals surface area contributed by atoms with Crippen molar-refractivity contribution in [2.45, 2.75) is 6.92 Å². The Kier molecular flexibility index (Phi) is 3.59. The summed E-state index contributed by atoms with van der Waals surface area (Å²) in [4.78, 5) is 20.2. The third kappa shape index (κ3) is 2.88. The third-order valence-corrected chi connectivity index (χ3v) is 3.70. The van der Waals surface area contributed by atoms with E-state index >= 15 is 0 Å². The van der Waals surface area contributed by atoms with Gasteiger partial charge in [-0.1, -0.05) is 0 Å². The van der Waals surface area contributed by atoms with E-state index in [1.54, 1.807) is 30.5 Å². The number of thioether (sulfide) groups is 1. The summed E-state index contributed by atoms with van der Waals surface area (Å²) in [5, 5.41) is 10.6. The Labute approximate surface area is 124 Å². The average molecular weight is 301 g/mol. The first-order valence-corrected chi connectivity index (χ1v) is 6.93. The van der Waals surface area contributed by atoms with Gasteiger partial charge in [-0.25, -0.2) is 10.1 Å². The van der Waals surface area contributed by atoms with Crippen molar-refractivity contribution in [3.05, 3.63) is 59.2 Å². The van der Waals surface area contributed by atoms with E-state index in [0.717, 1.165) is 15.5 Å². The van der Waals surface area contributed by atoms with Gasteiger partial charge in [-0.3, -0.25) is 10.0 Å². The number of allylic oxidation sites excluding steroid dienone is 4. The van der Waals surface area contributed by atoms with Gasteiger partial charge in [-0.2, -0.15) is 4.99 Å². The average Bonchev–Trinajstić information content (AvgIpc) is 3.07. The van der Waals surface area contributed by atoms with Crippen LogP contribution in [0.1, 0.15) is 12.7 Å². The SMILES string of the molecule is CC(=O)N=C1N=C(c2ccco2)C(=C2C=CN(O)C=C2)S1. The quantitative estimate of drug-likeness (QED) is 0.862. The molecule has 3 heterocycles. The van der Waals surface area contributed by atoms with Gasteiger partial charge in [0, 0.05) is 19.3 Å². The summed E-state index contributed by atoms with van der Waals surface area (Å²) in [6.45, 7) is 1.38. The lowest BCUT2D eigenvalue weighted by Gasteiger charge is -2.11. The van der Waals surface area contributed by atoms with Crippen LogP contribution in [-0.4, -0.2) is 27.1 Å². The summed E-state index contributed by atoms with van der Waals surface area (Å²) in [7, 11) is 0. The van der Waals surface area contributed by atoms with Crippen LogP contribution in [-0.2, 0) is 4.79 Å². The predicted octanol–water partition coefficient (Wildman–Crippen LogP) is 2.70. The highest BCUT2D eigenvalue weighted by molar-refractivity contribution is 8.18. The smallest absolute Gasteiger partial charge is 0.245 e. The molecule has 0 unspecified atom stereocenters. The molecule has 0 radical (unpaired) electrons. The Morgan fingerprint density at radius 1 is 1.43 bits per heavy atom. The minimum Gasteiger partial charge on any atom is -0.463 e. The van der Waals surface area contributed by atoms with Crippen molar-refractivity contribution < 1.29 is 14.4 Å². The summed E-state index contributed by atoms with van der Waals surface area (Å²) in [5.41, 5.74) is 1.48. The van der Waals surface area contributed by atoms with Crippen molar-refractivity contribution in [1.82, 2.24) is 5.06 Å². The fraction of sp³-hybridized carbons (Fsp3) is 0.0714. The maximum atomic E-state index is 11.1. The van der Waals surface area contributed by atoms with E-state index in [0.29, 0.717) is 16.6 Å². The van der Waals surface area contributed by atoms with Crippen molar-refractivity contribution in [3.8, 4) is 0 Å². The summed E-state index contributed by atoms with van der Waals surface area (Å²) in [5.74, 6) is 0.300. The number of carbonyl (C=O) groups is 1. The number of nitrogens with zero attached hydrogens (tertiary/aromatic N) is 3. The Bertz CT molecular complexity index is 711. The van der Waals surface area contributed by atoms with Crippen LogP contribution in [0.5, 0.6) is 0 Å². The van der Waals surface area contributed by atoms with Crippen LogP contribution >= 0.6 is 11.8 Å². The second-order valence-corrected chi connectivity index (χ2v) is 5.23. The highest BCUT2D eigenvalue weighted by atomic mass is 32.2. The molecule has 0 aliphatic carbocycles. The van der Waals surface area contributed by atoms with Crippen molar-refractivity contribution in [1.29, 1.82) is 0 Å². The molecule has 2 aliphatic rings. The zero-order valence-corrected chi connectivity index (χ0v) is 11.9. The minimum absolute atomic E-state index is 0.303. The highest BCUT2D eigenvalue weighted by Crippen LogP contribution is 2.35. The largest absolute Gasteiger partial charge is 0.463 e. The molecular weight excluding hydrogens is 290 g/mol. The number of hydrogen-bond donors (Lipinski definition) is 1. The first-order chi connectivity index (χ1) is 10.1. The molecular formula is C14H11N3O3S. The van der Waals surface area contributed by atoms with Crippen molar-refractivity contribution in [2.75, 3.05) is 0 Å². The van der Waals surface area contributed by atoms with Gasteiger partial charge in [0.05, 0.1) is 11.2 Å². The number of aliphatic imine (C=N–C) groups is 2. The Balaban J connectivity index is 2.07. The van der Waals surface area contributed by atoms with E-state index in [-0.39, 0.29) is 5.91 Å². The maximum absolute atomic E-state index is 11.1. The number of hydrogen-bond acceptors (Lipinski definition) is 5. The van der Waals surface area contributed by atoms with Crippen molar-refractivity contribution in [2.24, 2.45) is 9.98 Å². The molecule has 1 N–H and O–H groups in total. The first kappa shape index (κ1) is 13.6. The van der Waals surface area contributed by atoms with Crippen LogP contribution in [0, 0.1) is 0 Å². The van der Waals surface area contributed by atoms with Crippen LogP contribution < -0.4 is 0 Å². The minimum atomic E-state index is -0.303. The topological polar surface area (TPSA) is 78.4 Å². The van der Waals surface area contributed by atoms with Crippen molar-refractivity contribution in [3.63, 3.8) is 0 Å². The van der Waals surface area contributed by atoms with Gasteiger partial charge >= 0.3 is 0 Å². The zero-order valence-electron chi connectivity index (χ0n) is 11.1. The lowest BCUT2D eigenvalue weighted by molar-refractivity contribution is -0.115. The van der Waals surface area contributed by atoms with Gasteiger partial charge in [0.15, 0.2) is 10.9 Å². The van der Waals surface area contributed by atoms with Crippen LogP contribution in [0.25, 0.3) is 0 Å². The normalized spacial score (nSPS) is 19.6. The second-order valence-electron chi connectivity index (χ2n) is 4.25. The number of hydroxylamine groups is 2. The summed E-state index contributed by atoms with van der Waals surface area (Å²) in [6.07, 6.45) is 8.09. The molecule has 1 aromatic heterocycles. The van der Waals surface area contributed by atoms with Gasteiger partial charge in [0.25, 0.3) is 0 Å². The second kappa shape index (κ2) is 5.55. The van der Waals surface area contributed by atoms with Crippen LogP contribution in [0.2, 0.25) is 0 Å². The van der Waals surface area contributed by atoms with Crippen molar-refractivity contribution >= 4 is 28.5 Å². The number of rotatable bonds is 1. The predicted molar refractivity (Wildman–Crippen MR) is 79.9 cm³/mol. The third-order valence-electron chi connectivity index (χ3n) is 2.70. The molecule has 106 valence electrons. The first-order valence-electron chi connectivity index (χ1n) is 6.11. The molecule has 21 heavy (non-hydrogen) atoms. The van der Waals surface area contributed by atoms with Gasteiger partial charge in [0.1, 0.15) is 5.71 Å². The van der Waals surface area contributed by atoms with Gasteiger partial charge in [-0.15, -0.1) is 0 Å². The van der Waals surface area contributed by atoms with Gasteiger partial charge < -0.3 is 4.42 Å². The molecule has 2 aliphatic heterocycles. The van der Waals surface area contributed by atoms with E-state index in [1.165, 1.54) is 31.1 Å². The van der Waals surface area contributed by atoms with E-state index < -0.39 is 0 Å². The fourth-order valence-corrected chi connectivity index (χ4v) is 2.83. The lowest BCUT2D eigenvalue weighted by atomic mass is 10.1. The summed E-state index contributed by atoms with van der Waals surface area (Å²) < 4.78 is 5.39. The summed E-state index contributed by atoms with van der Waals surface area (Å²) >= 11 is 1.30. The van der Waals surface area contributed by atoms with Crippen LogP contribution in [0.15, 0.2) is 67.8 Å². The van der Waals surface area contributed by atoms with Gasteiger partial charge in [-0.05, 0) is 41.6 Å². The molecule has 0 aromatic carbocycles. The molecule has 3 rings (SSSR count). The molecule has 7 heteroatoms. The lowest BCUT2D eigenvalue weighted by Crippen LogP contribution is -2.06. The standard InChI is InChI=1S/C14H11N3O3S/c1-9(18)15-14-16-12(11-3-2-8-20-11)13(21-14)10-4-6-17(19)7-5-10/h2-8,19H,1H3. The Hall–Kier alpha value is -2.38. The summed E-state index contributed by atoms with van der Waals surface area (Å²) in [6, 6.07) is 3.57. The van der Waals surface area contributed by atoms with Crippen LogP contribution in [0.4, 0.5) is 0 Å². The van der Waals surface area contributed by atoms with Gasteiger partial charge in [0.2, 0.25) is 5.91 Å².